The maximum atomic E-state index is 6.38. The molecule has 0 bridgehead atoms. The molecule has 0 amide bonds. The van der Waals surface area contributed by atoms with Gasteiger partial charge in [-0.1, -0.05) is 49.4 Å². The van der Waals surface area contributed by atoms with E-state index in [1.54, 1.807) is 0 Å². The molecule has 3 aromatic rings. The molecule has 2 aromatic carbocycles. The molecule has 0 radical (unpaired) electrons. The third-order valence-corrected chi connectivity index (χ3v) is 5.65. The summed E-state index contributed by atoms with van der Waals surface area (Å²) in [5, 5.41) is 0. The van der Waals surface area contributed by atoms with Crippen molar-refractivity contribution in [1.82, 2.24) is 9.97 Å². The molecule has 2 heterocycles. The Morgan fingerprint density at radius 3 is 2.38 bits per heavy atom. The Balaban J connectivity index is 1.41. The molecule has 0 saturated carbocycles. The van der Waals surface area contributed by atoms with Gasteiger partial charge in [0.15, 0.2) is 5.82 Å². The number of nitrogens with two attached hydrogens (primary N) is 1. The van der Waals surface area contributed by atoms with Crippen LogP contribution in [-0.4, -0.2) is 23.1 Å². The van der Waals surface area contributed by atoms with Crippen LogP contribution in [0.15, 0.2) is 60.9 Å². The fraction of sp³-hybridized carbons (Fsp3) is 0.333. The van der Waals surface area contributed by atoms with E-state index in [9.17, 15) is 0 Å². The summed E-state index contributed by atoms with van der Waals surface area (Å²) in [6, 6.07) is 18.8. The zero-order chi connectivity index (χ0) is 20.1. The molecule has 0 atom stereocenters. The van der Waals surface area contributed by atoms with Crippen LogP contribution in [0.1, 0.15) is 30.9 Å². The van der Waals surface area contributed by atoms with Gasteiger partial charge in [0.2, 0.25) is 5.88 Å². The standard InChI is InChI=1S/C24H28N4O/c1-2-18-8-10-21(11-9-18)29-24-22(25)23(26-17-27-24)28-14-12-20(13-15-28)16-19-6-4-3-5-7-19/h3-11,17,20H,2,12-16,25H2,1H3. The Bertz CT molecular complexity index is 919. The minimum absolute atomic E-state index is 0.422. The number of anilines is 2. The predicted octanol–water partition coefficient (Wildman–Crippen LogP) is 4.87. The summed E-state index contributed by atoms with van der Waals surface area (Å²) in [6.07, 6.45) is 5.94. The molecule has 0 unspecified atom stereocenters. The SMILES string of the molecule is CCc1ccc(Oc2ncnc(N3CCC(Cc4ccccc4)CC3)c2N)cc1. The van der Waals surface area contributed by atoms with Crippen molar-refractivity contribution in [3.05, 3.63) is 72.1 Å². The Hall–Kier alpha value is -3.08. The topological polar surface area (TPSA) is 64.3 Å². The van der Waals surface area contributed by atoms with E-state index in [-0.39, 0.29) is 0 Å². The smallest absolute Gasteiger partial charge is 0.248 e. The molecular weight excluding hydrogens is 360 g/mol. The van der Waals surface area contributed by atoms with Crippen molar-refractivity contribution in [3.8, 4) is 11.6 Å². The van der Waals surface area contributed by atoms with Gasteiger partial charge in [0, 0.05) is 13.1 Å². The summed E-state index contributed by atoms with van der Waals surface area (Å²) in [5.41, 5.74) is 9.58. The maximum Gasteiger partial charge on any atom is 0.248 e. The lowest BCUT2D eigenvalue weighted by Gasteiger charge is -2.33. The Kier molecular flexibility index (Phi) is 5.94. The molecule has 1 aliphatic rings. The van der Waals surface area contributed by atoms with E-state index in [0.29, 0.717) is 17.5 Å². The maximum absolute atomic E-state index is 6.38. The van der Waals surface area contributed by atoms with E-state index in [1.165, 1.54) is 17.5 Å². The van der Waals surface area contributed by atoms with Gasteiger partial charge in [-0.2, -0.15) is 4.98 Å². The molecule has 5 nitrogen and oxygen atoms in total. The van der Waals surface area contributed by atoms with E-state index in [1.807, 2.05) is 12.1 Å². The van der Waals surface area contributed by atoms with Crippen LogP contribution in [0.4, 0.5) is 11.5 Å². The monoisotopic (exact) mass is 388 g/mol. The second-order valence-electron chi connectivity index (χ2n) is 7.64. The largest absolute Gasteiger partial charge is 0.437 e. The first-order valence-electron chi connectivity index (χ1n) is 10.4. The van der Waals surface area contributed by atoms with Crippen LogP contribution in [0.2, 0.25) is 0 Å². The average Bonchev–Trinajstić information content (AvgIpc) is 2.77. The highest BCUT2D eigenvalue weighted by atomic mass is 16.5. The van der Waals surface area contributed by atoms with Crippen molar-refractivity contribution >= 4 is 11.5 Å². The van der Waals surface area contributed by atoms with Crippen molar-refractivity contribution in [1.29, 1.82) is 0 Å². The lowest BCUT2D eigenvalue weighted by Crippen LogP contribution is -2.35. The van der Waals surface area contributed by atoms with Gasteiger partial charge in [0.25, 0.3) is 0 Å². The molecular formula is C24H28N4O. The number of aryl methyl sites for hydroxylation is 1. The fourth-order valence-electron chi connectivity index (χ4n) is 3.91. The summed E-state index contributed by atoms with van der Waals surface area (Å²) in [4.78, 5) is 11.0. The fourth-order valence-corrected chi connectivity index (χ4v) is 3.91. The molecule has 1 aliphatic heterocycles. The number of rotatable bonds is 6. The second-order valence-corrected chi connectivity index (χ2v) is 7.64. The summed E-state index contributed by atoms with van der Waals surface area (Å²) in [6.45, 7) is 4.03. The number of nitrogen functional groups attached to an aromatic ring is 1. The molecule has 4 rings (SSSR count). The number of ether oxygens (including phenoxy) is 1. The van der Waals surface area contributed by atoms with Gasteiger partial charge in [-0.3, -0.25) is 0 Å². The van der Waals surface area contributed by atoms with Gasteiger partial charge in [-0.25, -0.2) is 4.98 Å². The van der Waals surface area contributed by atoms with Crippen LogP contribution in [0.3, 0.4) is 0 Å². The van der Waals surface area contributed by atoms with E-state index < -0.39 is 0 Å². The third kappa shape index (κ3) is 4.67. The minimum atomic E-state index is 0.422. The zero-order valence-electron chi connectivity index (χ0n) is 16.9. The van der Waals surface area contributed by atoms with E-state index in [2.05, 4.69) is 64.3 Å². The van der Waals surface area contributed by atoms with Gasteiger partial charge >= 0.3 is 0 Å². The summed E-state index contributed by atoms with van der Waals surface area (Å²) in [7, 11) is 0. The summed E-state index contributed by atoms with van der Waals surface area (Å²) < 4.78 is 5.94. The number of piperidine rings is 1. The van der Waals surface area contributed by atoms with Crippen molar-refractivity contribution < 1.29 is 4.74 Å². The third-order valence-electron chi connectivity index (χ3n) is 5.65. The normalized spacial score (nSPS) is 14.7. The van der Waals surface area contributed by atoms with E-state index >= 15 is 0 Å². The zero-order valence-corrected chi connectivity index (χ0v) is 16.9. The van der Waals surface area contributed by atoms with Crippen molar-refractivity contribution in [2.24, 2.45) is 5.92 Å². The highest BCUT2D eigenvalue weighted by Crippen LogP contribution is 2.34. The number of hydrogen-bond acceptors (Lipinski definition) is 5. The number of benzene rings is 2. The van der Waals surface area contributed by atoms with Crippen LogP contribution < -0.4 is 15.4 Å². The van der Waals surface area contributed by atoms with Gasteiger partial charge < -0.3 is 15.4 Å². The molecule has 0 spiro atoms. The van der Waals surface area contributed by atoms with Crippen molar-refractivity contribution in [2.75, 3.05) is 23.7 Å². The number of nitrogens with zero attached hydrogens (tertiary/aromatic N) is 3. The Labute approximate surface area is 172 Å². The first-order chi connectivity index (χ1) is 14.2. The molecule has 2 N–H and O–H groups in total. The van der Waals surface area contributed by atoms with Crippen LogP contribution in [0, 0.1) is 5.92 Å². The van der Waals surface area contributed by atoms with Gasteiger partial charge in [-0.05, 0) is 54.9 Å². The van der Waals surface area contributed by atoms with Gasteiger partial charge in [0.1, 0.15) is 17.8 Å². The lowest BCUT2D eigenvalue weighted by molar-refractivity contribution is 0.401. The average molecular weight is 389 g/mol. The minimum Gasteiger partial charge on any atom is -0.437 e. The molecule has 5 heteroatoms. The van der Waals surface area contributed by atoms with Gasteiger partial charge in [0.05, 0.1) is 0 Å². The van der Waals surface area contributed by atoms with Crippen molar-refractivity contribution in [2.45, 2.75) is 32.6 Å². The first kappa shape index (κ1) is 19.2. The highest BCUT2D eigenvalue weighted by Gasteiger charge is 2.23. The Morgan fingerprint density at radius 2 is 1.69 bits per heavy atom. The van der Waals surface area contributed by atoms with E-state index in [0.717, 1.165) is 50.3 Å². The number of hydrogen-bond donors (Lipinski definition) is 1. The first-order valence-corrected chi connectivity index (χ1v) is 10.4. The molecule has 150 valence electrons. The molecule has 1 fully saturated rings. The molecule has 1 saturated heterocycles. The highest BCUT2D eigenvalue weighted by molar-refractivity contribution is 5.68. The summed E-state index contributed by atoms with van der Waals surface area (Å²) >= 11 is 0. The van der Waals surface area contributed by atoms with Gasteiger partial charge in [-0.15, -0.1) is 0 Å². The van der Waals surface area contributed by atoms with Crippen molar-refractivity contribution in [3.63, 3.8) is 0 Å². The second kappa shape index (κ2) is 8.95. The Morgan fingerprint density at radius 1 is 0.966 bits per heavy atom. The van der Waals surface area contributed by atoms with Crippen LogP contribution >= 0.6 is 0 Å². The molecule has 29 heavy (non-hydrogen) atoms. The lowest BCUT2D eigenvalue weighted by atomic mass is 9.90. The van der Waals surface area contributed by atoms with Crippen LogP contribution in [-0.2, 0) is 12.8 Å². The summed E-state index contributed by atoms with van der Waals surface area (Å²) in [5.74, 6) is 2.63. The molecule has 0 aliphatic carbocycles. The number of aromatic nitrogens is 2. The van der Waals surface area contributed by atoms with E-state index in [4.69, 9.17) is 10.5 Å². The molecule has 1 aromatic heterocycles. The van der Waals surface area contributed by atoms with Crippen LogP contribution in [0.5, 0.6) is 11.6 Å². The predicted molar refractivity (Wildman–Crippen MR) is 117 cm³/mol. The quantitative estimate of drug-likeness (QED) is 0.652. The van der Waals surface area contributed by atoms with Crippen LogP contribution in [0.25, 0.3) is 0 Å².